The molecule has 1 aliphatic rings. The number of halogens is 2. The molecular formula is C28H37Cl2N3O4S. The molecule has 0 bridgehead atoms. The Labute approximate surface area is 236 Å². The van der Waals surface area contributed by atoms with Crippen molar-refractivity contribution in [3.8, 4) is 0 Å². The average Bonchev–Trinajstić information content (AvgIpc) is 3.36. The lowest BCUT2D eigenvalue weighted by Crippen LogP contribution is -2.49. The number of carbonyl (C=O) groups is 2. The van der Waals surface area contributed by atoms with Crippen molar-refractivity contribution in [3.63, 3.8) is 0 Å². The van der Waals surface area contributed by atoms with Gasteiger partial charge in [-0.1, -0.05) is 48.2 Å². The maximum atomic E-state index is 13.5. The molecular weight excluding hydrogens is 545 g/mol. The zero-order valence-corrected chi connectivity index (χ0v) is 24.8. The Kier molecular flexibility index (Phi) is 10.5. The monoisotopic (exact) mass is 581 g/mol. The predicted octanol–water partition coefficient (Wildman–Crippen LogP) is 5.63. The Morgan fingerprint density at radius 3 is 2.32 bits per heavy atom. The van der Waals surface area contributed by atoms with E-state index >= 15 is 0 Å². The van der Waals surface area contributed by atoms with Crippen LogP contribution < -0.4 is 9.62 Å². The van der Waals surface area contributed by atoms with Crippen LogP contribution >= 0.6 is 23.2 Å². The summed E-state index contributed by atoms with van der Waals surface area (Å²) in [6, 6.07) is 10.1. The SMILES string of the molecule is Cc1ccc(N(CCCC(=O)N(Cc2ccc(Cl)c(Cl)c2)[C@@H](C)C(=O)NC2CCCC2)S(C)(=O)=O)cc1C. The molecule has 2 aromatic carbocycles. The number of anilines is 1. The summed E-state index contributed by atoms with van der Waals surface area (Å²) in [6.07, 6.45) is 5.60. The summed E-state index contributed by atoms with van der Waals surface area (Å²) in [5.41, 5.74) is 3.38. The van der Waals surface area contributed by atoms with Gasteiger partial charge in [-0.25, -0.2) is 8.42 Å². The summed E-state index contributed by atoms with van der Waals surface area (Å²) in [7, 11) is -3.55. The van der Waals surface area contributed by atoms with E-state index in [1.165, 1.54) is 9.21 Å². The number of rotatable bonds is 11. The first-order chi connectivity index (χ1) is 17.9. The number of aryl methyl sites for hydroxylation is 2. The Morgan fingerprint density at radius 2 is 1.71 bits per heavy atom. The fourth-order valence-corrected chi connectivity index (χ4v) is 5.97. The van der Waals surface area contributed by atoms with Gasteiger partial charge in [0.1, 0.15) is 6.04 Å². The van der Waals surface area contributed by atoms with Crippen molar-refractivity contribution in [2.75, 3.05) is 17.1 Å². The lowest BCUT2D eigenvalue weighted by Gasteiger charge is -2.30. The predicted molar refractivity (Wildman–Crippen MR) is 154 cm³/mol. The van der Waals surface area contributed by atoms with Gasteiger partial charge in [0, 0.05) is 25.6 Å². The van der Waals surface area contributed by atoms with Crippen LogP contribution in [0.3, 0.4) is 0 Å². The highest BCUT2D eigenvalue weighted by Crippen LogP contribution is 2.25. The van der Waals surface area contributed by atoms with E-state index in [2.05, 4.69) is 5.32 Å². The Hall–Kier alpha value is -2.29. The van der Waals surface area contributed by atoms with E-state index in [0.717, 1.165) is 48.6 Å². The molecule has 0 unspecified atom stereocenters. The number of benzene rings is 2. The van der Waals surface area contributed by atoms with Gasteiger partial charge >= 0.3 is 0 Å². The molecule has 38 heavy (non-hydrogen) atoms. The van der Waals surface area contributed by atoms with Gasteiger partial charge in [0.2, 0.25) is 21.8 Å². The Morgan fingerprint density at radius 1 is 1.03 bits per heavy atom. The van der Waals surface area contributed by atoms with Gasteiger partial charge in [-0.3, -0.25) is 13.9 Å². The molecule has 1 saturated carbocycles. The van der Waals surface area contributed by atoms with Crippen molar-refractivity contribution in [1.82, 2.24) is 10.2 Å². The van der Waals surface area contributed by atoms with Crippen LogP contribution in [-0.4, -0.2) is 50.0 Å². The molecule has 1 aliphatic carbocycles. The van der Waals surface area contributed by atoms with Gasteiger partial charge in [-0.2, -0.15) is 0 Å². The molecule has 0 radical (unpaired) electrons. The number of hydrogen-bond acceptors (Lipinski definition) is 4. The molecule has 3 rings (SSSR count). The molecule has 1 fully saturated rings. The van der Waals surface area contributed by atoms with Gasteiger partial charge in [-0.15, -0.1) is 0 Å². The van der Waals surface area contributed by atoms with Crippen LogP contribution in [0.5, 0.6) is 0 Å². The van der Waals surface area contributed by atoms with Crippen molar-refractivity contribution in [1.29, 1.82) is 0 Å². The summed E-state index contributed by atoms with van der Waals surface area (Å²) in [6.45, 7) is 5.95. The quantitative estimate of drug-likeness (QED) is 0.372. The second-order valence-electron chi connectivity index (χ2n) is 10.1. The fourth-order valence-electron chi connectivity index (χ4n) is 4.69. The van der Waals surface area contributed by atoms with Gasteiger partial charge in [0.15, 0.2) is 0 Å². The molecule has 1 atom stereocenters. The first-order valence-corrected chi connectivity index (χ1v) is 15.6. The second-order valence-corrected chi connectivity index (χ2v) is 12.9. The standard InChI is InChI=1S/C28H37Cl2N3O4S/c1-19-11-13-24(16-20(19)2)33(38(4,36)37)15-7-10-27(34)32(18-22-12-14-25(29)26(30)17-22)21(3)28(35)31-23-8-5-6-9-23/h11-14,16-17,21,23H,5-10,15,18H2,1-4H3,(H,31,35)/t21-/m0/s1. The van der Waals surface area contributed by atoms with Crippen LogP contribution in [-0.2, 0) is 26.2 Å². The van der Waals surface area contributed by atoms with Crippen LogP contribution in [0.4, 0.5) is 5.69 Å². The van der Waals surface area contributed by atoms with E-state index in [1.807, 2.05) is 26.0 Å². The van der Waals surface area contributed by atoms with E-state index in [1.54, 1.807) is 31.2 Å². The van der Waals surface area contributed by atoms with Crippen LogP contribution in [0.1, 0.15) is 62.1 Å². The minimum Gasteiger partial charge on any atom is -0.352 e. The third-order valence-electron chi connectivity index (χ3n) is 7.14. The van der Waals surface area contributed by atoms with Crippen molar-refractivity contribution < 1.29 is 18.0 Å². The molecule has 1 N–H and O–H groups in total. The van der Waals surface area contributed by atoms with Crippen molar-refractivity contribution in [2.45, 2.75) is 77.9 Å². The highest BCUT2D eigenvalue weighted by molar-refractivity contribution is 7.92. The first kappa shape index (κ1) is 30.3. The van der Waals surface area contributed by atoms with Crippen molar-refractivity contribution in [2.24, 2.45) is 0 Å². The minimum atomic E-state index is -3.55. The number of sulfonamides is 1. The first-order valence-electron chi connectivity index (χ1n) is 13.0. The summed E-state index contributed by atoms with van der Waals surface area (Å²) in [4.78, 5) is 28.1. The van der Waals surface area contributed by atoms with E-state index < -0.39 is 16.1 Å². The Bertz CT molecular complexity index is 1260. The van der Waals surface area contributed by atoms with E-state index in [4.69, 9.17) is 23.2 Å². The van der Waals surface area contributed by atoms with Crippen LogP contribution in [0, 0.1) is 13.8 Å². The number of nitrogens with zero attached hydrogens (tertiary/aromatic N) is 2. The topological polar surface area (TPSA) is 86.8 Å². The van der Waals surface area contributed by atoms with Crippen LogP contribution in [0.15, 0.2) is 36.4 Å². The zero-order chi connectivity index (χ0) is 28.0. The molecule has 0 heterocycles. The highest BCUT2D eigenvalue weighted by atomic mass is 35.5. The smallest absolute Gasteiger partial charge is 0.242 e. The molecule has 0 saturated heterocycles. The van der Waals surface area contributed by atoms with E-state index in [9.17, 15) is 18.0 Å². The lowest BCUT2D eigenvalue weighted by molar-refractivity contribution is -0.141. The van der Waals surface area contributed by atoms with E-state index in [0.29, 0.717) is 22.2 Å². The summed E-state index contributed by atoms with van der Waals surface area (Å²) >= 11 is 12.3. The minimum absolute atomic E-state index is 0.0826. The van der Waals surface area contributed by atoms with Crippen LogP contribution in [0.25, 0.3) is 0 Å². The molecule has 0 aromatic heterocycles. The fraction of sp³-hybridized carbons (Fsp3) is 0.500. The van der Waals surface area contributed by atoms with Gasteiger partial charge < -0.3 is 10.2 Å². The zero-order valence-electron chi connectivity index (χ0n) is 22.5. The summed E-state index contributed by atoms with van der Waals surface area (Å²) in [5.74, 6) is -0.433. The van der Waals surface area contributed by atoms with Crippen LogP contribution in [0.2, 0.25) is 10.0 Å². The third kappa shape index (κ3) is 8.10. The lowest BCUT2D eigenvalue weighted by atomic mass is 10.1. The number of nitrogens with one attached hydrogen (secondary N) is 1. The third-order valence-corrected chi connectivity index (χ3v) is 9.07. The molecule has 7 nitrogen and oxygen atoms in total. The number of carbonyl (C=O) groups excluding carboxylic acids is 2. The van der Waals surface area contributed by atoms with Gasteiger partial charge in [0.05, 0.1) is 22.0 Å². The molecule has 2 amide bonds. The number of amides is 2. The maximum absolute atomic E-state index is 13.5. The second kappa shape index (κ2) is 13.2. The van der Waals surface area contributed by atoms with Crippen molar-refractivity contribution in [3.05, 3.63) is 63.1 Å². The van der Waals surface area contributed by atoms with Gasteiger partial charge in [0.25, 0.3) is 0 Å². The average molecular weight is 583 g/mol. The summed E-state index contributed by atoms with van der Waals surface area (Å²) < 4.78 is 26.4. The molecule has 10 heteroatoms. The summed E-state index contributed by atoms with van der Waals surface area (Å²) in [5, 5.41) is 3.86. The number of hydrogen-bond donors (Lipinski definition) is 1. The largest absolute Gasteiger partial charge is 0.352 e. The molecule has 0 aliphatic heterocycles. The normalized spacial score (nSPS) is 14.8. The Balaban J connectivity index is 1.75. The molecule has 2 aromatic rings. The maximum Gasteiger partial charge on any atom is 0.242 e. The molecule has 208 valence electrons. The molecule has 0 spiro atoms. The van der Waals surface area contributed by atoms with E-state index in [-0.39, 0.29) is 37.4 Å². The van der Waals surface area contributed by atoms with Gasteiger partial charge in [-0.05, 0) is 81.0 Å². The van der Waals surface area contributed by atoms with Crippen molar-refractivity contribution >= 4 is 50.7 Å². The highest BCUT2D eigenvalue weighted by Gasteiger charge is 2.29.